The van der Waals surface area contributed by atoms with Crippen molar-refractivity contribution in [2.75, 3.05) is 0 Å². The van der Waals surface area contributed by atoms with Gasteiger partial charge in [-0.3, -0.25) is 14.4 Å². The fraction of sp³-hybridized carbons (Fsp3) is 0.591. The van der Waals surface area contributed by atoms with Gasteiger partial charge < -0.3 is 9.84 Å². The number of fused-ring (bicyclic) bond motifs is 3. The second kappa shape index (κ2) is 6.77. The fourth-order valence-corrected chi connectivity index (χ4v) is 5.14. The number of rotatable bonds is 4. The van der Waals surface area contributed by atoms with E-state index in [0.717, 1.165) is 23.9 Å². The van der Waals surface area contributed by atoms with Crippen molar-refractivity contribution < 1.29 is 24.2 Å². The Kier molecular flexibility index (Phi) is 4.91. The van der Waals surface area contributed by atoms with Gasteiger partial charge >= 0.3 is 11.9 Å². The van der Waals surface area contributed by atoms with Crippen molar-refractivity contribution in [2.45, 2.75) is 65.9 Å². The highest BCUT2D eigenvalue weighted by atomic mass is 16.5. The molecule has 0 aromatic heterocycles. The smallest absolute Gasteiger partial charge is 0.314 e. The van der Waals surface area contributed by atoms with Crippen molar-refractivity contribution in [3.63, 3.8) is 0 Å². The average molecular weight is 372 g/mol. The van der Waals surface area contributed by atoms with Crippen molar-refractivity contribution in [3.8, 4) is 0 Å². The lowest BCUT2D eigenvalue weighted by Crippen LogP contribution is -2.46. The first-order valence-corrected chi connectivity index (χ1v) is 9.66. The summed E-state index contributed by atoms with van der Waals surface area (Å²) < 4.78 is 5.66. The average Bonchev–Trinajstić information content (AvgIpc) is 2.93. The third kappa shape index (κ3) is 2.97. The molecule has 0 aromatic carbocycles. The van der Waals surface area contributed by atoms with Crippen LogP contribution >= 0.6 is 0 Å². The first-order valence-electron chi connectivity index (χ1n) is 9.66. The number of allylic oxidation sites excluding steroid dienone is 3. The number of carboxylic acids is 1. The summed E-state index contributed by atoms with van der Waals surface area (Å²) in [5.74, 6) is -0.911. The fourth-order valence-electron chi connectivity index (χ4n) is 5.14. The van der Waals surface area contributed by atoms with E-state index in [0.29, 0.717) is 31.3 Å². The Morgan fingerprint density at radius 3 is 2.52 bits per heavy atom. The lowest BCUT2D eigenvalue weighted by Gasteiger charge is -2.48. The standard InChI is InChI=1S/C22H28O5/c1-13(2)16-7-8-22(20(25)26)10-9-21(4)17(19(16)22)6-5-15(12-23)11-18(21)27-14(3)24/h5-6,12-13,18H,7-11H2,1-4H3,(H,25,26). The van der Waals surface area contributed by atoms with E-state index in [1.54, 1.807) is 6.08 Å². The minimum absolute atomic E-state index is 0.245. The zero-order chi connectivity index (χ0) is 20.0. The van der Waals surface area contributed by atoms with E-state index in [2.05, 4.69) is 13.8 Å². The molecule has 0 aliphatic heterocycles. The molecular weight excluding hydrogens is 344 g/mol. The van der Waals surface area contributed by atoms with Gasteiger partial charge in [0.1, 0.15) is 12.4 Å². The highest BCUT2D eigenvalue weighted by Gasteiger charge is 2.58. The maximum absolute atomic E-state index is 12.4. The van der Waals surface area contributed by atoms with Crippen LogP contribution in [0.5, 0.6) is 0 Å². The first-order chi connectivity index (χ1) is 12.7. The number of ether oxygens (including phenoxy) is 1. The molecule has 1 N–H and O–H groups in total. The molecule has 3 rings (SSSR count). The molecule has 5 nitrogen and oxygen atoms in total. The van der Waals surface area contributed by atoms with Crippen LogP contribution in [-0.4, -0.2) is 29.4 Å². The summed E-state index contributed by atoms with van der Waals surface area (Å²) in [7, 11) is 0. The molecule has 0 spiro atoms. The van der Waals surface area contributed by atoms with Crippen LogP contribution in [0, 0.1) is 16.7 Å². The molecule has 27 heavy (non-hydrogen) atoms. The third-order valence-electron chi connectivity index (χ3n) is 6.74. The van der Waals surface area contributed by atoms with E-state index < -0.39 is 22.9 Å². The van der Waals surface area contributed by atoms with Gasteiger partial charge in [0.2, 0.25) is 0 Å². The van der Waals surface area contributed by atoms with Crippen LogP contribution in [0.4, 0.5) is 0 Å². The van der Waals surface area contributed by atoms with Gasteiger partial charge in [0.05, 0.1) is 5.41 Å². The Hall–Kier alpha value is -2.17. The first kappa shape index (κ1) is 19.6. The monoisotopic (exact) mass is 372 g/mol. The zero-order valence-electron chi connectivity index (χ0n) is 16.5. The molecule has 5 heteroatoms. The molecule has 0 heterocycles. The molecule has 0 aromatic rings. The number of hydrogen-bond acceptors (Lipinski definition) is 4. The molecule has 3 atom stereocenters. The number of aldehydes is 1. The van der Waals surface area contributed by atoms with Crippen LogP contribution in [0.1, 0.15) is 59.8 Å². The third-order valence-corrected chi connectivity index (χ3v) is 6.74. The van der Waals surface area contributed by atoms with Crippen LogP contribution < -0.4 is 0 Å². The van der Waals surface area contributed by atoms with Crippen molar-refractivity contribution in [1.29, 1.82) is 0 Å². The van der Waals surface area contributed by atoms with Crippen LogP contribution in [0.2, 0.25) is 0 Å². The minimum Gasteiger partial charge on any atom is -0.481 e. The SMILES string of the molecule is CC(=O)OC1CC(C=O)=CC=C2C3=C(C(C)C)CCC3(C(=O)O)CCC21C. The van der Waals surface area contributed by atoms with Gasteiger partial charge in [-0.25, -0.2) is 0 Å². The lowest BCUT2D eigenvalue weighted by molar-refractivity contribution is -0.155. The summed E-state index contributed by atoms with van der Waals surface area (Å²) in [5.41, 5.74) is 2.21. The van der Waals surface area contributed by atoms with Gasteiger partial charge in [-0.15, -0.1) is 0 Å². The van der Waals surface area contributed by atoms with Gasteiger partial charge in [-0.05, 0) is 48.3 Å². The van der Waals surface area contributed by atoms with Crippen molar-refractivity contribution in [2.24, 2.45) is 16.7 Å². The summed E-state index contributed by atoms with van der Waals surface area (Å²) >= 11 is 0. The summed E-state index contributed by atoms with van der Waals surface area (Å²) in [4.78, 5) is 35.6. The summed E-state index contributed by atoms with van der Waals surface area (Å²) in [6.45, 7) is 7.61. The maximum atomic E-state index is 12.4. The van der Waals surface area contributed by atoms with Crippen molar-refractivity contribution in [3.05, 3.63) is 34.4 Å². The molecule has 3 unspecified atom stereocenters. The number of carboxylic acid groups (broad SMARTS) is 1. The summed E-state index contributed by atoms with van der Waals surface area (Å²) in [6, 6.07) is 0. The molecule has 146 valence electrons. The molecule has 0 amide bonds. The van der Waals surface area contributed by atoms with Gasteiger partial charge in [0, 0.05) is 18.8 Å². The Bertz CT molecular complexity index is 785. The Morgan fingerprint density at radius 1 is 1.26 bits per heavy atom. The molecule has 0 bridgehead atoms. The number of esters is 1. The van der Waals surface area contributed by atoms with Gasteiger partial charge in [0.25, 0.3) is 0 Å². The minimum atomic E-state index is -0.870. The van der Waals surface area contributed by atoms with Crippen LogP contribution in [0.3, 0.4) is 0 Å². The van der Waals surface area contributed by atoms with E-state index in [1.807, 2.05) is 13.0 Å². The molecular formula is C22H28O5. The molecule has 1 saturated carbocycles. The normalized spacial score (nSPS) is 32.9. The van der Waals surface area contributed by atoms with E-state index in [1.165, 1.54) is 12.5 Å². The van der Waals surface area contributed by atoms with Crippen LogP contribution in [0.25, 0.3) is 0 Å². The molecule has 0 radical (unpaired) electrons. The van der Waals surface area contributed by atoms with E-state index in [4.69, 9.17) is 4.74 Å². The molecule has 0 saturated heterocycles. The maximum Gasteiger partial charge on any atom is 0.314 e. The van der Waals surface area contributed by atoms with Crippen molar-refractivity contribution in [1.82, 2.24) is 0 Å². The van der Waals surface area contributed by atoms with E-state index in [9.17, 15) is 19.5 Å². The lowest BCUT2D eigenvalue weighted by atomic mass is 9.57. The molecule has 3 aliphatic carbocycles. The zero-order valence-corrected chi connectivity index (χ0v) is 16.5. The predicted molar refractivity (Wildman–Crippen MR) is 101 cm³/mol. The van der Waals surface area contributed by atoms with Crippen LogP contribution in [0.15, 0.2) is 34.4 Å². The predicted octanol–water partition coefficient (Wildman–Crippen LogP) is 3.99. The van der Waals surface area contributed by atoms with Gasteiger partial charge in [-0.2, -0.15) is 0 Å². The second-order valence-corrected chi connectivity index (χ2v) is 8.60. The van der Waals surface area contributed by atoms with Gasteiger partial charge in [-0.1, -0.05) is 38.5 Å². The van der Waals surface area contributed by atoms with Crippen molar-refractivity contribution >= 4 is 18.2 Å². The quantitative estimate of drug-likeness (QED) is 0.596. The Morgan fingerprint density at radius 2 is 1.96 bits per heavy atom. The number of hydrogen-bond donors (Lipinski definition) is 1. The van der Waals surface area contributed by atoms with Gasteiger partial charge in [0.15, 0.2) is 0 Å². The highest BCUT2D eigenvalue weighted by molar-refractivity contribution is 5.84. The van der Waals surface area contributed by atoms with Crippen LogP contribution in [-0.2, 0) is 19.1 Å². The number of carbonyl (C=O) groups excluding carboxylic acids is 2. The summed E-state index contributed by atoms with van der Waals surface area (Å²) in [5, 5.41) is 10.1. The number of aliphatic carboxylic acids is 1. The van der Waals surface area contributed by atoms with E-state index >= 15 is 0 Å². The largest absolute Gasteiger partial charge is 0.481 e. The molecule has 1 fully saturated rings. The highest BCUT2D eigenvalue weighted by Crippen LogP contribution is 2.62. The second-order valence-electron chi connectivity index (χ2n) is 8.60. The Balaban J connectivity index is 2.24. The summed E-state index contributed by atoms with van der Waals surface area (Å²) in [6.07, 6.45) is 6.87. The Labute approximate surface area is 160 Å². The molecule has 3 aliphatic rings. The number of carbonyl (C=O) groups is 3. The topological polar surface area (TPSA) is 80.7 Å². The van der Waals surface area contributed by atoms with E-state index in [-0.39, 0.29) is 11.9 Å².